The van der Waals surface area contributed by atoms with Crippen LogP contribution in [0.15, 0.2) is 30.3 Å². The first-order valence-corrected chi connectivity index (χ1v) is 13.8. The van der Waals surface area contributed by atoms with Crippen LogP contribution in [0.4, 0.5) is 17.2 Å². The van der Waals surface area contributed by atoms with E-state index in [1.165, 1.54) is 11.8 Å². The predicted octanol–water partition coefficient (Wildman–Crippen LogP) is -1.02. The molecule has 1 fully saturated rings. The summed E-state index contributed by atoms with van der Waals surface area (Å²) >= 11 is 0. The van der Waals surface area contributed by atoms with E-state index in [-0.39, 0.29) is 29.2 Å². The maximum atomic E-state index is 13.2. The van der Waals surface area contributed by atoms with Crippen LogP contribution in [0.1, 0.15) is 40.2 Å². The number of hydrogen-bond donors (Lipinski definition) is 4. The fourth-order valence-electron chi connectivity index (χ4n) is 4.21. The van der Waals surface area contributed by atoms with Gasteiger partial charge >= 0.3 is 0 Å². The lowest BCUT2D eigenvalue weighted by molar-refractivity contribution is -0.117. The van der Waals surface area contributed by atoms with Gasteiger partial charge in [0.2, 0.25) is 5.91 Å². The largest absolute Gasteiger partial charge is 0.494 e. The Morgan fingerprint density at radius 2 is 1.83 bits per heavy atom. The van der Waals surface area contributed by atoms with Gasteiger partial charge in [0.05, 0.1) is 24.2 Å². The quantitative estimate of drug-likeness (QED) is 0.149. The molecule has 13 nitrogen and oxygen atoms in total. The molecule has 0 saturated heterocycles. The molecular weight excluding hydrogens is 537 g/mol. The first kappa shape index (κ1) is 30.6. The van der Waals surface area contributed by atoms with Gasteiger partial charge < -0.3 is 30.7 Å². The van der Waals surface area contributed by atoms with E-state index in [2.05, 4.69) is 36.6 Å². The maximum Gasteiger partial charge on any atom is 0.272 e. The number of benzene rings is 1. The third-order valence-electron chi connectivity index (χ3n) is 6.38. The van der Waals surface area contributed by atoms with Crippen molar-refractivity contribution in [1.29, 1.82) is 0 Å². The van der Waals surface area contributed by atoms with Gasteiger partial charge in [-0.25, -0.2) is 0 Å². The predicted molar refractivity (Wildman–Crippen MR) is 167 cm³/mol. The lowest BCUT2D eigenvalue weighted by atomic mass is 9.49. The Morgan fingerprint density at radius 3 is 2.50 bits per heavy atom. The van der Waals surface area contributed by atoms with E-state index >= 15 is 0 Å². The molecule has 0 unspecified atom stereocenters. The van der Waals surface area contributed by atoms with Crippen LogP contribution in [0.25, 0.3) is 11.3 Å². The lowest BCUT2D eigenvalue weighted by Gasteiger charge is -2.22. The molecule has 0 aliphatic heterocycles. The molecule has 2 heterocycles. The minimum atomic E-state index is -0.515. The number of para-hydroxylation sites is 1. The van der Waals surface area contributed by atoms with Crippen LogP contribution < -0.4 is 26.0 Å². The van der Waals surface area contributed by atoms with Gasteiger partial charge in [0.15, 0.2) is 17.3 Å². The van der Waals surface area contributed by atoms with Crippen molar-refractivity contribution in [2.75, 3.05) is 38.0 Å². The molecule has 218 valence electrons. The average molecular weight is 572 g/mol. The molecule has 1 aromatic carbocycles. The third kappa shape index (κ3) is 7.69. The lowest BCUT2D eigenvalue weighted by Crippen LogP contribution is -2.50. The number of methoxy groups -OCH3 is 2. The number of carbonyl (C=O) groups excluding carboxylic acids is 3. The monoisotopic (exact) mass is 572 g/mol. The number of aryl methyl sites for hydroxylation is 1. The highest BCUT2D eigenvalue weighted by Gasteiger charge is 2.30. The molecule has 1 aliphatic carbocycles. The van der Waals surface area contributed by atoms with Gasteiger partial charge in [-0.05, 0) is 42.7 Å². The van der Waals surface area contributed by atoms with Gasteiger partial charge in [-0.2, -0.15) is 5.10 Å². The van der Waals surface area contributed by atoms with Crippen LogP contribution in [-0.4, -0.2) is 93.8 Å². The van der Waals surface area contributed by atoms with Gasteiger partial charge in [-0.3, -0.25) is 19.1 Å². The normalized spacial score (nSPS) is 12.8. The second-order valence-corrected chi connectivity index (χ2v) is 11.1. The molecule has 1 aliphatic rings. The summed E-state index contributed by atoms with van der Waals surface area (Å²) in [4.78, 5) is 38.3. The molecule has 0 bridgehead atoms. The second-order valence-electron chi connectivity index (χ2n) is 11.1. The third-order valence-corrected chi connectivity index (χ3v) is 6.38. The number of nitrogens with zero attached hydrogens (tertiary/aromatic N) is 4. The van der Waals surface area contributed by atoms with E-state index in [4.69, 9.17) is 9.47 Å². The number of anilines is 3. The summed E-state index contributed by atoms with van der Waals surface area (Å²) in [7, 11) is 10.4. The molecule has 4 N–H and O–H groups in total. The highest BCUT2D eigenvalue weighted by Crippen LogP contribution is 2.38. The van der Waals surface area contributed by atoms with Crippen molar-refractivity contribution in [1.82, 2.24) is 30.6 Å². The van der Waals surface area contributed by atoms with Gasteiger partial charge in [0.25, 0.3) is 11.8 Å². The molecule has 0 atom stereocenters. The number of amides is 3. The van der Waals surface area contributed by atoms with Crippen LogP contribution in [0.5, 0.6) is 5.75 Å². The molecule has 1 saturated carbocycles. The second kappa shape index (κ2) is 13.1. The van der Waals surface area contributed by atoms with Crippen molar-refractivity contribution < 1.29 is 23.9 Å². The molecule has 42 heavy (non-hydrogen) atoms. The molecule has 3 amide bonds. The number of aromatic nitrogens is 4. The molecule has 0 spiro atoms. The van der Waals surface area contributed by atoms with Crippen molar-refractivity contribution in [3.8, 4) is 17.0 Å². The smallest absolute Gasteiger partial charge is 0.272 e. The van der Waals surface area contributed by atoms with Gasteiger partial charge in [0, 0.05) is 44.9 Å². The first-order chi connectivity index (χ1) is 20.0. The van der Waals surface area contributed by atoms with Crippen LogP contribution >= 0.6 is 0 Å². The summed E-state index contributed by atoms with van der Waals surface area (Å²) in [6.07, 6.45) is 2.37. The first-order valence-electron chi connectivity index (χ1n) is 13.8. The number of ether oxygens (including phenoxy) is 2. The topological polar surface area (TPSA) is 161 Å². The number of nitrogens with one attached hydrogen (secondary N) is 4. The highest BCUT2D eigenvalue weighted by molar-refractivity contribution is 6.60. The SMILES string of the molecule is BC(B)(B)NC(=O)c1nnc(NC(=O)C2CC2)cc1Nc1cccc(-c2cc(C(=O)NCCCOC)n(C)n2)c1OC. The van der Waals surface area contributed by atoms with E-state index in [9.17, 15) is 14.4 Å². The Kier molecular flexibility index (Phi) is 9.56. The summed E-state index contributed by atoms with van der Waals surface area (Å²) < 4.78 is 12.3. The zero-order valence-electron chi connectivity index (χ0n) is 24.8. The van der Waals surface area contributed by atoms with E-state index in [0.717, 1.165) is 12.8 Å². The molecule has 3 aromatic rings. The summed E-state index contributed by atoms with van der Waals surface area (Å²) in [6, 6.07) is 8.67. The molecule has 0 radical (unpaired) electrons. The Hall–Kier alpha value is -4.33. The van der Waals surface area contributed by atoms with Crippen LogP contribution in [-0.2, 0) is 16.6 Å². The number of carbonyl (C=O) groups is 3. The van der Waals surface area contributed by atoms with Crippen molar-refractivity contribution >= 4 is 58.5 Å². The molecular formula is C26H35B3N8O5. The van der Waals surface area contributed by atoms with Crippen molar-refractivity contribution in [2.24, 2.45) is 13.0 Å². The van der Waals surface area contributed by atoms with Gasteiger partial charge in [-0.1, -0.05) is 6.07 Å². The van der Waals surface area contributed by atoms with E-state index in [1.807, 2.05) is 29.6 Å². The van der Waals surface area contributed by atoms with Crippen molar-refractivity contribution in [3.63, 3.8) is 0 Å². The van der Waals surface area contributed by atoms with E-state index < -0.39 is 11.1 Å². The summed E-state index contributed by atoms with van der Waals surface area (Å²) in [5.74, 6) is -0.180. The van der Waals surface area contributed by atoms with Crippen LogP contribution in [0.2, 0.25) is 0 Å². The summed E-state index contributed by atoms with van der Waals surface area (Å²) in [6.45, 7) is 1.03. The Labute approximate surface area is 247 Å². The van der Waals surface area contributed by atoms with Gasteiger partial charge in [-0.15, -0.1) is 10.2 Å². The number of rotatable bonds is 13. The zero-order valence-corrected chi connectivity index (χ0v) is 24.8. The average Bonchev–Trinajstić information content (AvgIpc) is 3.71. The van der Waals surface area contributed by atoms with E-state index in [0.29, 0.717) is 53.6 Å². The Balaban J connectivity index is 1.66. The molecule has 4 rings (SSSR count). The fourth-order valence-corrected chi connectivity index (χ4v) is 4.21. The number of hydrogen-bond acceptors (Lipinski definition) is 9. The van der Waals surface area contributed by atoms with E-state index in [1.54, 1.807) is 38.4 Å². The van der Waals surface area contributed by atoms with Gasteiger partial charge in [0.1, 0.15) is 29.2 Å². The summed E-state index contributed by atoms with van der Waals surface area (Å²) in [5.41, 5.74) is 2.43. The highest BCUT2D eigenvalue weighted by atomic mass is 16.5. The minimum Gasteiger partial charge on any atom is -0.494 e. The Morgan fingerprint density at radius 1 is 1.07 bits per heavy atom. The molecule has 2 aromatic heterocycles. The molecule has 16 heteroatoms. The summed E-state index contributed by atoms with van der Waals surface area (Å²) in [5, 5.41) is 24.1. The van der Waals surface area contributed by atoms with Crippen LogP contribution in [0, 0.1) is 5.92 Å². The standard InChI is InChI=1S/C26H35B3N8O5/c1-37-19(24(39)30-10-5-11-41-2)12-17(36-37)15-6-4-7-16(22(15)42-3)31-18-13-20(32-23(38)14-8-9-14)34-35-21(18)25(40)33-26(27,28)29/h4,6-7,12-14H,5,8-11,27-29H2,1-3H3,(H,30,39)(H,33,40)(H2,31,32,34,38). The zero-order chi connectivity index (χ0) is 30.4. The van der Waals surface area contributed by atoms with Crippen LogP contribution in [0.3, 0.4) is 0 Å². The fraction of sp³-hybridized carbons (Fsp3) is 0.385. The maximum absolute atomic E-state index is 13.2. The van der Waals surface area contributed by atoms with Crippen molar-refractivity contribution in [3.05, 3.63) is 41.7 Å². The van der Waals surface area contributed by atoms with Crippen molar-refractivity contribution in [2.45, 2.75) is 24.5 Å². The Bertz CT molecular complexity index is 1470. The minimum absolute atomic E-state index is 0.0282.